The van der Waals surface area contributed by atoms with Crippen LogP contribution in [0.5, 0.6) is 0 Å². The Kier molecular flexibility index (Phi) is 5.12. The van der Waals surface area contributed by atoms with Crippen molar-refractivity contribution in [3.05, 3.63) is 58.8 Å². The lowest BCUT2D eigenvalue weighted by atomic mass is 10.2. The SMILES string of the molecule is CCCCCn1c2ccn(S(=O)(=O)c3ccccc3)c2c(=O)n2c(C(F)(F)F)nnc12. The maximum atomic E-state index is 13.5. The highest BCUT2D eigenvalue weighted by Gasteiger charge is 2.39. The van der Waals surface area contributed by atoms with Crippen molar-refractivity contribution in [3.63, 3.8) is 0 Å². The van der Waals surface area contributed by atoms with Crippen molar-refractivity contribution in [2.75, 3.05) is 0 Å². The monoisotopic (exact) mass is 453 g/mol. The van der Waals surface area contributed by atoms with Gasteiger partial charge in [0.1, 0.15) is 5.52 Å². The standard InChI is InChI=1S/C19H18F3N5O3S/c1-2-3-7-11-25-14-10-12-26(31(29,30)13-8-5-4-6-9-13)15(14)16(28)27-17(19(20,21)22)23-24-18(25)27/h4-6,8-10,12H,2-3,7,11H2,1H3. The molecular formula is C19H18F3N5O3S. The number of rotatable bonds is 6. The predicted molar refractivity (Wildman–Crippen MR) is 106 cm³/mol. The lowest BCUT2D eigenvalue weighted by molar-refractivity contribution is -0.145. The van der Waals surface area contributed by atoms with E-state index in [1.807, 2.05) is 6.92 Å². The highest BCUT2D eigenvalue weighted by molar-refractivity contribution is 7.90. The molecule has 4 rings (SSSR count). The second kappa shape index (κ2) is 7.52. The molecule has 0 aliphatic carbocycles. The molecule has 0 amide bonds. The highest BCUT2D eigenvalue weighted by atomic mass is 32.2. The van der Waals surface area contributed by atoms with Gasteiger partial charge < -0.3 is 4.57 Å². The number of aromatic nitrogens is 5. The van der Waals surface area contributed by atoms with Gasteiger partial charge in [0.2, 0.25) is 11.6 Å². The van der Waals surface area contributed by atoms with Gasteiger partial charge in [-0.25, -0.2) is 16.8 Å². The van der Waals surface area contributed by atoms with Crippen LogP contribution < -0.4 is 5.56 Å². The number of fused-ring (bicyclic) bond motifs is 2. The van der Waals surface area contributed by atoms with Crippen molar-refractivity contribution in [3.8, 4) is 0 Å². The Morgan fingerprint density at radius 1 is 1.03 bits per heavy atom. The van der Waals surface area contributed by atoms with Crippen LogP contribution in [0.1, 0.15) is 32.0 Å². The molecule has 31 heavy (non-hydrogen) atoms. The van der Waals surface area contributed by atoms with Gasteiger partial charge in [0.05, 0.1) is 10.4 Å². The Bertz CT molecular complexity index is 1420. The molecule has 0 aliphatic heterocycles. The average molecular weight is 453 g/mol. The molecule has 0 aliphatic rings. The summed E-state index contributed by atoms with van der Waals surface area (Å²) in [5, 5.41) is 6.78. The summed E-state index contributed by atoms with van der Waals surface area (Å²) in [6, 6.07) is 8.75. The smallest absolute Gasteiger partial charge is 0.308 e. The van der Waals surface area contributed by atoms with Gasteiger partial charge in [0.25, 0.3) is 15.6 Å². The number of aryl methyl sites for hydroxylation is 1. The van der Waals surface area contributed by atoms with Gasteiger partial charge in [-0.3, -0.25) is 4.79 Å². The minimum atomic E-state index is -4.94. The Hall–Kier alpha value is -3.15. The summed E-state index contributed by atoms with van der Waals surface area (Å²) in [5.74, 6) is -1.78. The molecule has 0 N–H and O–H groups in total. The van der Waals surface area contributed by atoms with E-state index in [0.717, 1.165) is 16.8 Å². The van der Waals surface area contributed by atoms with Gasteiger partial charge in [-0.2, -0.15) is 13.2 Å². The Balaban J connectivity index is 2.09. The van der Waals surface area contributed by atoms with Gasteiger partial charge in [0, 0.05) is 12.7 Å². The Labute approximate surface area is 174 Å². The zero-order chi connectivity index (χ0) is 22.4. The molecule has 4 aromatic rings. The molecule has 0 radical (unpaired) electrons. The molecule has 3 aromatic heterocycles. The molecular weight excluding hydrogens is 435 g/mol. The molecule has 8 nitrogen and oxygen atoms in total. The molecule has 1 aromatic carbocycles. The van der Waals surface area contributed by atoms with E-state index < -0.39 is 33.1 Å². The first-order chi connectivity index (χ1) is 14.7. The molecule has 164 valence electrons. The molecule has 0 spiro atoms. The molecule has 0 fully saturated rings. The van der Waals surface area contributed by atoms with Crippen molar-refractivity contribution in [2.45, 2.75) is 43.8 Å². The molecule has 3 heterocycles. The van der Waals surface area contributed by atoms with Gasteiger partial charge in [0.15, 0.2) is 0 Å². The summed E-state index contributed by atoms with van der Waals surface area (Å²) in [6.07, 6.45) is -1.50. The van der Waals surface area contributed by atoms with Crippen molar-refractivity contribution in [1.29, 1.82) is 0 Å². The highest BCUT2D eigenvalue weighted by Crippen LogP contribution is 2.29. The first-order valence-corrected chi connectivity index (χ1v) is 11.0. The van der Waals surface area contributed by atoms with Gasteiger partial charge in [-0.05, 0) is 24.6 Å². The molecule has 0 atom stereocenters. The number of nitrogens with zero attached hydrogens (tertiary/aromatic N) is 5. The maximum absolute atomic E-state index is 13.5. The molecule has 0 unspecified atom stereocenters. The zero-order valence-electron chi connectivity index (χ0n) is 16.4. The van der Waals surface area contributed by atoms with Gasteiger partial charge in [-0.15, -0.1) is 10.2 Å². The summed E-state index contributed by atoms with van der Waals surface area (Å²) in [4.78, 5) is 13.0. The van der Waals surface area contributed by atoms with E-state index in [0.29, 0.717) is 10.8 Å². The normalized spacial score (nSPS) is 12.8. The molecule has 0 saturated heterocycles. The third kappa shape index (κ3) is 3.40. The number of benzene rings is 1. The second-order valence-electron chi connectivity index (χ2n) is 6.98. The topological polar surface area (TPSA) is 91.3 Å². The first-order valence-electron chi connectivity index (χ1n) is 9.54. The van der Waals surface area contributed by atoms with Crippen LogP contribution in [0.3, 0.4) is 0 Å². The largest absolute Gasteiger partial charge is 0.452 e. The Morgan fingerprint density at radius 3 is 2.39 bits per heavy atom. The van der Waals surface area contributed by atoms with Crippen LogP contribution >= 0.6 is 0 Å². The Morgan fingerprint density at radius 2 is 1.74 bits per heavy atom. The summed E-state index contributed by atoms with van der Waals surface area (Å²) < 4.78 is 69.2. The van der Waals surface area contributed by atoms with E-state index >= 15 is 0 Å². The summed E-state index contributed by atoms with van der Waals surface area (Å²) in [5.41, 5.74) is -1.37. The van der Waals surface area contributed by atoms with Crippen molar-refractivity contribution >= 4 is 26.8 Å². The average Bonchev–Trinajstić information content (AvgIpc) is 3.37. The van der Waals surface area contributed by atoms with E-state index in [2.05, 4.69) is 10.2 Å². The van der Waals surface area contributed by atoms with Crippen LogP contribution in [0.4, 0.5) is 13.2 Å². The third-order valence-electron chi connectivity index (χ3n) is 4.95. The van der Waals surface area contributed by atoms with E-state index in [1.54, 1.807) is 6.07 Å². The second-order valence-corrected chi connectivity index (χ2v) is 8.80. The van der Waals surface area contributed by atoms with Crippen LogP contribution in [-0.4, -0.2) is 31.6 Å². The van der Waals surface area contributed by atoms with E-state index in [-0.39, 0.29) is 22.7 Å². The van der Waals surface area contributed by atoms with E-state index in [9.17, 15) is 26.4 Å². The van der Waals surface area contributed by atoms with Crippen LogP contribution in [0.25, 0.3) is 16.8 Å². The van der Waals surface area contributed by atoms with Crippen LogP contribution in [-0.2, 0) is 22.7 Å². The predicted octanol–water partition coefficient (Wildman–Crippen LogP) is 3.29. The minimum Gasteiger partial charge on any atom is -0.308 e. The fourth-order valence-electron chi connectivity index (χ4n) is 3.51. The van der Waals surface area contributed by atoms with Crippen LogP contribution in [0, 0.1) is 0 Å². The van der Waals surface area contributed by atoms with Gasteiger partial charge >= 0.3 is 6.18 Å². The minimum absolute atomic E-state index is 0.0932. The van der Waals surface area contributed by atoms with Gasteiger partial charge in [-0.1, -0.05) is 38.0 Å². The van der Waals surface area contributed by atoms with Crippen molar-refractivity contribution in [2.24, 2.45) is 0 Å². The number of unbranched alkanes of at least 4 members (excludes halogenated alkanes) is 2. The number of alkyl halides is 3. The molecule has 0 bridgehead atoms. The number of hydrogen-bond donors (Lipinski definition) is 0. The van der Waals surface area contributed by atoms with Crippen LogP contribution in [0.2, 0.25) is 0 Å². The molecule has 0 saturated carbocycles. The number of hydrogen-bond acceptors (Lipinski definition) is 5. The fraction of sp³-hybridized carbons (Fsp3) is 0.316. The summed E-state index contributed by atoms with van der Waals surface area (Å²) >= 11 is 0. The van der Waals surface area contributed by atoms with Crippen molar-refractivity contribution < 1.29 is 21.6 Å². The van der Waals surface area contributed by atoms with Crippen molar-refractivity contribution in [1.82, 2.24) is 23.1 Å². The third-order valence-corrected chi connectivity index (χ3v) is 6.64. The zero-order valence-corrected chi connectivity index (χ0v) is 17.2. The first kappa shape index (κ1) is 21.1. The summed E-state index contributed by atoms with van der Waals surface area (Å²) in [6.45, 7) is 2.22. The summed E-state index contributed by atoms with van der Waals surface area (Å²) in [7, 11) is -4.22. The van der Waals surface area contributed by atoms with E-state index in [4.69, 9.17) is 0 Å². The maximum Gasteiger partial charge on any atom is 0.452 e. The lowest BCUT2D eigenvalue weighted by Crippen LogP contribution is -2.27. The van der Waals surface area contributed by atoms with E-state index in [1.165, 1.54) is 41.1 Å². The number of halogens is 3. The fourth-order valence-corrected chi connectivity index (χ4v) is 4.87. The molecule has 12 heteroatoms. The lowest BCUT2D eigenvalue weighted by Gasteiger charge is -2.13. The quantitative estimate of drug-likeness (QED) is 0.418. The van der Waals surface area contributed by atoms with Crippen LogP contribution in [0.15, 0.2) is 52.3 Å².